The summed E-state index contributed by atoms with van der Waals surface area (Å²) in [4.78, 5) is 15.4. The molecule has 0 bridgehead atoms. The molecule has 5 nitrogen and oxygen atoms in total. The van der Waals surface area contributed by atoms with E-state index in [1.165, 1.54) is 13.2 Å². The summed E-state index contributed by atoms with van der Waals surface area (Å²) < 4.78 is 4.64. The van der Waals surface area contributed by atoms with Crippen LogP contribution in [0.3, 0.4) is 0 Å². The van der Waals surface area contributed by atoms with Gasteiger partial charge >= 0.3 is 5.97 Å². The fraction of sp³-hybridized carbons (Fsp3) is 0.400. The minimum atomic E-state index is -0.523. The number of hydrogen-bond donors (Lipinski definition) is 2. The van der Waals surface area contributed by atoms with Crippen LogP contribution in [-0.2, 0) is 9.53 Å². The first kappa shape index (κ1) is 13.9. The van der Waals surface area contributed by atoms with Crippen LogP contribution in [0, 0.1) is 0 Å². The first-order valence-electron chi connectivity index (χ1n) is 4.95. The number of nitrogens with zero attached hydrogens (tertiary/aromatic N) is 1. The molecule has 0 amide bonds. The van der Waals surface area contributed by atoms with E-state index in [0.29, 0.717) is 17.3 Å². The van der Waals surface area contributed by atoms with Crippen molar-refractivity contribution in [3.05, 3.63) is 16.1 Å². The molecule has 0 aliphatic carbocycles. The first-order valence-corrected chi connectivity index (χ1v) is 5.71. The van der Waals surface area contributed by atoms with E-state index in [1.807, 2.05) is 6.92 Å². The Morgan fingerprint density at radius 2 is 2.24 bits per heavy atom. The van der Waals surface area contributed by atoms with Crippen molar-refractivity contribution in [3.8, 4) is 0 Å². The van der Waals surface area contributed by atoms with Crippen molar-refractivity contribution in [2.75, 3.05) is 18.2 Å². The number of nitrogen functional groups attached to an aromatic ring is 1. The van der Waals surface area contributed by atoms with Crippen LogP contribution in [0.4, 0.5) is 11.6 Å². The highest BCUT2D eigenvalue weighted by Crippen LogP contribution is 2.28. The highest BCUT2D eigenvalue weighted by Gasteiger charge is 2.19. The van der Waals surface area contributed by atoms with E-state index < -0.39 is 6.04 Å². The summed E-state index contributed by atoms with van der Waals surface area (Å²) in [5.41, 5.74) is 5.56. The van der Waals surface area contributed by atoms with Gasteiger partial charge in [-0.15, -0.1) is 0 Å². The number of anilines is 2. The molecule has 3 N–H and O–H groups in total. The fourth-order valence-corrected chi connectivity index (χ4v) is 1.63. The Morgan fingerprint density at radius 1 is 1.59 bits per heavy atom. The monoisotopic (exact) mass is 277 g/mol. The van der Waals surface area contributed by atoms with Crippen molar-refractivity contribution in [1.29, 1.82) is 0 Å². The van der Waals surface area contributed by atoms with Gasteiger partial charge in [0.1, 0.15) is 17.7 Å². The van der Waals surface area contributed by atoms with Crippen LogP contribution in [0.25, 0.3) is 0 Å². The molecule has 0 saturated heterocycles. The molecule has 1 aromatic rings. The number of nitrogens with one attached hydrogen (secondary N) is 1. The molecular formula is C10H13Cl2N3O2. The second-order valence-corrected chi connectivity index (χ2v) is 4.13. The number of methoxy groups -OCH3 is 1. The predicted molar refractivity (Wildman–Crippen MR) is 68.4 cm³/mol. The molecule has 1 rings (SSSR count). The second kappa shape index (κ2) is 5.93. The molecule has 0 aliphatic rings. The number of esters is 1. The van der Waals surface area contributed by atoms with Crippen molar-refractivity contribution in [1.82, 2.24) is 4.98 Å². The molecule has 7 heteroatoms. The average Bonchev–Trinajstić information content (AvgIpc) is 2.31. The molecule has 0 spiro atoms. The van der Waals surface area contributed by atoms with Gasteiger partial charge in [-0.25, -0.2) is 9.78 Å². The number of nitrogens with two attached hydrogens (primary N) is 1. The molecule has 0 aromatic carbocycles. The van der Waals surface area contributed by atoms with E-state index in [9.17, 15) is 4.79 Å². The van der Waals surface area contributed by atoms with Crippen LogP contribution >= 0.6 is 23.2 Å². The molecule has 17 heavy (non-hydrogen) atoms. The van der Waals surface area contributed by atoms with E-state index in [2.05, 4.69) is 15.0 Å². The third kappa shape index (κ3) is 3.38. The lowest BCUT2D eigenvalue weighted by Gasteiger charge is -2.16. The van der Waals surface area contributed by atoms with Gasteiger partial charge in [-0.3, -0.25) is 0 Å². The van der Waals surface area contributed by atoms with Gasteiger partial charge in [-0.05, 0) is 12.5 Å². The smallest absolute Gasteiger partial charge is 0.328 e. The molecular weight excluding hydrogens is 265 g/mol. The molecule has 0 radical (unpaired) electrons. The zero-order chi connectivity index (χ0) is 13.0. The van der Waals surface area contributed by atoms with Gasteiger partial charge in [-0.1, -0.05) is 30.1 Å². The number of hydrogen-bond acceptors (Lipinski definition) is 5. The Bertz CT molecular complexity index is 426. The summed E-state index contributed by atoms with van der Waals surface area (Å²) in [5, 5.41) is 3.43. The summed E-state index contributed by atoms with van der Waals surface area (Å²) in [6, 6.07) is 0.947. The number of rotatable bonds is 4. The molecule has 0 aliphatic heterocycles. The average molecular weight is 278 g/mol. The summed E-state index contributed by atoms with van der Waals surface area (Å²) in [7, 11) is 1.32. The van der Waals surface area contributed by atoms with Crippen LogP contribution in [0.15, 0.2) is 6.07 Å². The standard InChI is InChI=1S/C10H13Cl2N3O2/c1-3-7(10(16)17-2)14-9-6(12)4-5(11)8(13)15-9/h4,7H,3H2,1-2H3,(H3,13,14,15). The Hall–Kier alpha value is -1.20. The molecule has 0 fully saturated rings. The number of carbonyl (C=O) groups is 1. The Labute approximate surface area is 109 Å². The van der Waals surface area contributed by atoms with E-state index >= 15 is 0 Å². The van der Waals surface area contributed by atoms with Gasteiger partial charge in [-0.2, -0.15) is 0 Å². The number of pyridine rings is 1. The van der Waals surface area contributed by atoms with E-state index in [1.54, 1.807) is 0 Å². The maximum atomic E-state index is 11.4. The van der Waals surface area contributed by atoms with Crippen molar-refractivity contribution >= 4 is 40.8 Å². The third-order valence-electron chi connectivity index (χ3n) is 2.16. The van der Waals surface area contributed by atoms with Crippen LogP contribution in [-0.4, -0.2) is 24.1 Å². The van der Waals surface area contributed by atoms with Crippen LogP contribution in [0.2, 0.25) is 10.0 Å². The van der Waals surface area contributed by atoms with Gasteiger partial charge < -0.3 is 15.8 Å². The van der Waals surface area contributed by atoms with Gasteiger partial charge in [0.25, 0.3) is 0 Å². The summed E-state index contributed by atoms with van der Waals surface area (Å²) in [5.74, 6) is 0.0722. The van der Waals surface area contributed by atoms with E-state index in [-0.39, 0.29) is 16.8 Å². The topological polar surface area (TPSA) is 77.2 Å². The zero-order valence-electron chi connectivity index (χ0n) is 9.46. The van der Waals surface area contributed by atoms with Crippen molar-refractivity contribution < 1.29 is 9.53 Å². The first-order chi connectivity index (χ1) is 7.99. The normalized spacial score (nSPS) is 12.0. The van der Waals surface area contributed by atoms with Crippen LogP contribution in [0.5, 0.6) is 0 Å². The maximum absolute atomic E-state index is 11.4. The minimum absolute atomic E-state index is 0.151. The lowest BCUT2D eigenvalue weighted by atomic mass is 10.2. The Balaban J connectivity index is 2.94. The number of halogens is 2. The third-order valence-corrected chi connectivity index (χ3v) is 2.75. The number of carbonyl (C=O) groups excluding carboxylic acids is 1. The lowest BCUT2D eigenvalue weighted by Crippen LogP contribution is -2.30. The minimum Gasteiger partial charge on any atom is -0.467 e. The SMILES string of the molecule is CCC(Nc1nc(N)c(Cl)cc1Cl)C(=O)OC. The highest BCUT2D eigenvalue weighted by atomic mass is 35.5. The van der Waals surface area contributed by atoms with Crippen molar-refractivity contribution in [2.45, 2.75) is 19.4 Å². The van der Waals surface area contributed by atoms with Crippen LogP contribution in [0.1, 0.15) is 13.3 Å². The van der Waals surface area contributed by atoms with Crippen LogP contribution < -0.4 is 11.1 Å². The molecule has 1 atom stereocenters. The Kier molecular flexibility index (Phi) is 4.84. The van der Waals surface area contributed by atoms with E-state index in [0.717, 1.165) is 0 Å². The fourth-order valence-electron chi connectivity index (χ4n) is 1.22. The van der Waals surface area contributed by atoms with Gasteiger partial charge in [0.05, 0.1) is 17.2 Å². The second-order valence-electron chi connectivity index (χ2n) is 3.31. The maximum Gasteiger partial charge on any atom is 0.328 e. The van der Waals surface area contributed by atoms with Gasteiger partial charge in [0.15, 0.2) is 0 Å². The quantitative estimate of drug-likeness (QED) is 0.826. The predicted octanol–water partition coefficient (Wildman–Crippen LogP) is 2.33. The van der Waals surface area contributed by atoms with Crippen molar-refractivity contribution in [3.63, 3.8) is 0 Å². The largest absolute Gasteiger partial charge is 0.467 e. The number of ether oxygens (including phenoxy) is 1. The summed E-state index contributed by atoms with van der Waals surface area (Å²) in [6.45, 7) is 1.84. The van der Waals surface area contributed by atoms with E-state index in [4.69, 9.17) is 28.9 Å². The molecule has 94 valence electrons. The molecule has 1 aromatic heterocycles. The number of aromatic nitrogens is 1. The summed E-state index contributed by atoms with van der Waals surface area (Å²) >= 11 is 11.7. The lowest BCUT2D eigenvalue weighted by molar-refractivity contribution is -0.141. The molecule has 1 unspecified atom stereocenters. The van der Waals surface area contributed by atoms with Gasteiger partial charge in [0.2, 0.25) is 0 Å². The Morgan fingerprint density at radius 3 is 2.76 bits per heavy atom. The van der Waals surface area contributed by atoms with Crippen molar-refractivity contribution in [2.24, 2.45) is 0 Å². The molecule has 0 saturated carbocycles. The molecule has 1 heterocycles. The summed E-state index contributed by atoms with van der Waals surface area (Å²) in [6.07, 6.45) is 0.535. The highest BCUT2D eigenvalue weighted by molar-refractivity contribution is 6.37. The zero-order valence-corrected chi connectivity index (χ0v) is 11.0. The van der Waals surface area contributed by atoms with Gasteiger partial charge in [0, 0.05) is 0 Å².